The van der Waals surface area contributed by atoms with Gasteiger partial charge in [0.2, 0.25) is 0 Å². The van der Waals surface area contributed by atoms with E-state index in [0.29, 0.717) is 9.52 Å². The van der Waals surface area contributed by atoms with Crippen molar-refractivity contribution in [3.63, 3.8) is 0 Å². The Kier molecular flexibility index (Phi) is 7.41. The Labute approximate surface area is 166 Å². The third-order valence-corrected chi connectivity index (χ3v) is 6.16. The normalized spacial score (nSPS) is 17.0. The van der Waals surface area contributed by atoms with Gasteiger partial charge < -0.3 is 9.64 Å². The van der Waals surface area contributed by atoms with Crippen LogP contribution in [0.15, 0.2) is 61.2 Å². The molecular weight excluding hydrogens is 348 g/mol. The summed E-state index contributed by atoms with van der Waals surface area (Å²) in [7, 11) is 2.88. The van der Waals surface area contributed by atoms with E-state index in [-0.39, 0.29) is 6.10 Å². The zero-order chi connectivity index (χ0) is 19.1. The van der Waals surface area contributed by atoms with Crippen LogP contribution >= 0.6 is 0 Å². The summed E-state index contributed by atoms with van der Waals surface area (Å²) in [6, 6.07) is 19.1. The van der Waals surface area contributed by atoms with Crippen LogP contribution in [0.5, 0.6) is 0 Å². The van der Waals surface area contributed by atoms with Gasteiger partial charge in [0, 0.05) is 39.0 Å². The van der Waals surface area contributed by atoms with Crippen molar-refractivity contribution in [1.82, 2.24) is 9.80 Å². The third-order valence-electron chi connectivity index (χ3n) is 5.11. The fourth-order valence-corrected chi connectivity index (χ4v) is 4.25. The van der Waals surface area contributed by atoms with Gasteiger partial charge in [-0.05, 0) is 30.7 Å². The first kappa shape index (κ1) is 20.0. The van der Waals surface area contributed by atoms with E-state index in [1.165, 1.54) is 16.3 Å². The summed E-state index contributed by atoms with van der Waals surface area (Å²) < 4.78 is 6.06. The largest absolute Gasteiger partial charge is 0.381 e. The molecule has 1 fully saturated rings. The first-order valence-corrected chi connectivity index (χ1v) is 10.9. The summed E-state index contributed by atoms with van der Waals surface area (Å²) in [4.78, 5) is 4.90. The van der Waals surface area contributed by atoms with Gasteiger partial charge in [0.05, 0.1) is 6.10 Å². The highest BCUT2D eigenvalue weighted by Gasteiger charge is 2.16. The molecule has 142 valence electrons. The minimum absolute atomic E-state index is 0.290. The lowest BCUT2D eigenvalue weighted by molar-refractivity contribution is 0.0477. The lowest BCUT2D eigenvalue weighted by Crippen LogP contribution is -2.47. The van der Waals surface area contributed by atoms with Gasteiger partial charge in [-0.1, -0.05) is 66.4 Å². The number of piperazine rings is 1. The van der Waals surface area contributed by atoms with Crippen molar-refractivity contribution in [2.24, 2.45) is 0 Å². The van der Waals surface area contributed by atoms with Crippen molar-refractivity contribution in [3.8, 4) is 0 Å². The number of hydrogen-bond donors (Lipinski definition) is 0. The molecule has 3 rings (SSSR count). The number of benzene rings is 2. The Morgan fingerprint density at radius 2 is 1.63 bits per heavy atom. The Bertz CT molecular complexity index is 709. The molecule has 0 bridgehead atoms. The van der Waals surface area contributed by atoms with Gasteiger partial charge in [-0.25, -0.2) is 0 Å². The lowest BCUT2D eigenvalue weighted by atomic mass is 10.00. The monoisotopic (exact) mass is 378 g/mol. The number of rotatable bonds is 8. The molecule has 0 aliphatic carbocycles. The fraction of sp³-hybridized carbons (Fsp3) is 0.391. The van der Waals surface area contributed by atoms with Gasteiger partial charge in [0.1, 0.15) is 9.52 Å². The summed E-state index contributed by atoms with van der Waals surface area (Å²) in [5.74, 6) is 0. The topological polar surface area (TPSA) is 15.7 Å². The molecule has 0 N–H and O–H groups in total. The van der Waals surface area contributed by atoms with E-state index in [2.05, 4.69) is 78.9 Å². The first-order chi connectivity index (χ1) is 13.1. The molecule has 2 aromatic rings. The maximum Gasteiger partial charge on any atom is 0.114 e. The van der Waals surface area contributed by atoms with E-state index in [9.17, 15) is 0 Å². The molecule has 0 saturated carbocycles. The molecule has 2 radical (unpaired) electrons. The number of hydrogen-bond acceptors (Lipinski definition) is 3. The molecular formula is C23H30N2OSi. The van der Waals surface area contributed by atoms with E-state index in [4.69, 9.17) is 4.74 Å². The van der Waals surface area contributed by atoms with Crippen LogP contribution in [0.3, 0.4) is 0 Å². The SMILES string of the molecule is C=C(c1ccccc1)c1ccc([Si]COC(C)CN2CCN(C)CC2)cc1. The van der Waals surface area contributed by atoms with E-state index < -0.39 is 0 Å². The van der Waals surface area contributed by atoms with Crippen LogP contribution in [-0.4, -0.2) is 71.4 Å². The predicted molar refractivity (Wildman–Crippen MR) is 116 cm³/mol. The Morgan fingerprint density at radius 1 is 1.00 bits per heavy atom. The van der Waals surface area contributed by atoms with Crippen molar-refractivity contribution >= 4 is 20.3 Å². The maximum atomic E-state index is 6.06. The molecule has 3 nitrogen and oxygen atoms in total. The molecule has 1 aliphatic heterocycles. The highest BCUT2D eigenvalue weighted by atomic mass is 28.2. The van der Waals surface area contributed by atoms with Gasteiger partial charge in [-0.3, -0.25) is 4.90 Å². The molecule has 1 atom stereocenters. The minimum atomic E-state index is 0.290. The highest BCUT2D eigenvalue weighted by molar-refractivity contribution is 6.53. The molecule has 1 unspecified atom stereocenters. The van der Waals surface area contributed by atoms with Gasteiger partial charge in [-0.15, -0.1) is 0 Å². The Hall–Kier alpha value is -1.72. The average Bonchev–Trinajstić information content (AvgIpc) is 2.70. The smallest absolute Gasteiger partial charge is 0.114 e. The molecule has 1 heterocycles. The van der Waals surface area contributed by atoms with Crippen molar-refractivity contribution in [2.75, 3.05) is 46.0 Å². The van der Waals surface area contributed by atoms with Crippen LogP contribution in [0, 0.1) is 0 Å². The van der Waals surface area contributed by atoms with Crippen LogP contribution < -0.4 is 5.19 Å². The standard InChI is InChI=1S/C23H30N2OSi/c1-19(17-25-15-13-24(3)14-16-25)26-18-27-23-11-9-22(10-12-23)20(2)21-7-5-4-6-8-21/h4-12,19H,2,13-18H2,1,3H3. The van der Waals surface area contributed by atoms with Gasteiger partial charge in [-0.2, -0.15) is 0 Å². The predicted octanol–water partition coefficient (Wildman–Crippen LogP) is 2.69. The zero-order valence-electron chi connectivity index (χ0n) is 16.5. The van der Waals surface area contributed by atoms with Crippen molar-refractivity contribution in [1.29, 1.82) is 0 Å². The summed E-state index contributed by atoms with van der Waals surface area (Å²) in [5.41, 5.74) is 3.43. The number of likely N-dealkylation sites (N-methyl/N-ethyl adjacent to an activating group) is 1. The number of ether oxygens (including phenoxy) is 1. The van der Waals surface area contributed by atoms with Crippen LogP contribution in [0.25, 0.3) is 5.57 Å². The van der Waals surface area contributed by atoms with Gasteiger partial charge in [0.15, 0.2) is 0 Å². The molecule has 1 saturated heterocycles. The third kappa shape index (κ3) is 6.15. The molecule has 0 spiro atoms. The summed E-state index contributed by atoms with van der Waals surface area (Å²) in [5, 5.41) is 1.34. The summed E-state index contributed by atoms with van der Waals surface area (Å²) in [6.07, 6.45) is 1.09. The van der Waals surface area contributed by atoms with Crippen molar-refractivity contribution in [3.05, 3.63) is 72.3 Å². The second-order valence-electron chi connectivity index (χ2n) is 7.32. The molecule has 2 aromatic carbocycles. The average molecular weight is 379 g/mol. The molecule has 1 aliphatic rings. The molecule has 0 amide bonds. The lowest BCUT2D eigenvalue weighted by Gasteiger charge is -2.33. The summed E-state index contributed by atoms with van der Waals surface area (Å²) >= 11 is 0. The molecule has 27 heavy (non-hydrogen) atoms. The van der Waals surface area contributed by atoms with E-state index >= 15 is 0 Å². The van der Waals surface area contributed by atoms with Crippen LogP contribution in [0.4, 0.5) is 0 Å². The van der Waals surface area contributed by atoms with Crippen molar-refractivity contribution < 1.29 is 4.74 Å². The van der Waals surface area contributed by atoms with Crippen LogP contribution in [0.1, 0.15) is 18.1 Å². The zero-order valence-corrected chi connectivity index (χ0v) is 17.5. The fourth-order valence-electron chi connectivity index (χ4n) is 3.31. The second-order valence-corrected chi connectivity index (χ2v) is 8.54. The minimum Gasteiger partial charge on any atom is -0.381 e. The Morgan fingerprint density at radius 3 is 2.30 bits per heavy atom. The van der Waals surface area contributed by atoms with Crippen LogP contribution in [0.2, 0.25) is 0 Å². The van der Waals surface area contributed by atoms with Gasteiger partial charge >= 0.3 is 0 Å². The Balaban J connectivity index is 1.41. The van der Waals surface area contributed by atoms with E-state index in [0.717, 1.165) is 44.5 Å². The molecule has 0 aromatic heterocycles. The maximum absolute atomic E-state index is 6.06. The van der Waals surface area contributed by atoms with Crippen molar-refractivity contribution in [2.45, 2.75) is 13.0 Å². The number of nitrogens with zero attached hydrogens (tertiary/aromatic N) is 2. The second kappa shape index (κ2) is 9.99. The highest BCUT2D eigenvalue weighted by Crippen LogP contribution is 2.20. The first-order valence-electron chi connectivity index (χ1n) is 9.73. The molecule has 4 heteroatoms. The summed E-state index contributed by atoms with van der Waals surface area (Å²) in [6.45, 7) is 12.1. The van der Waals surface area contributed by atoms with Crippen LogP contribution in [-0.2, 0) is 4.74 Å². The quantitative estimate of drug-likeness (QED) is 0.657. The van der Waals surface area contributed by atoms with E-state index in [1.54, 1.807) is 0 Å². The van der Waals surface area contributed by atoms with E-state index in [1.807, 2.05) is 6.07 Å². The van der Waals surface area contributed by atoms with Gasteiger partial charge in [0.25, 0.3) is 0 Å².